The molecule has 1 N–H and O–H groups in total. The van der Waals surface area contributed by atoms with Crippen LogP contribution < -0.4 is 10.1 Å². The highest BCUT2D eigenvalue weighted by atomic mass is 79.9. The molecule has 3 aromatic carbocycles. The zero-order chi connectivity index (χ0) is 26.2. The molecule has 6 heteroatoms. The molecule has 0 fully saturated rings. The number of benzene rings is 3. The third-order valence-corrected chi connectivity index (χ3v) is 7.33. The first kappa shape index (κ1) is 27.5. The Bertz CT molecular complexity index is 1170. The number of rotatable bonds is 10. The Kier molecular flexibility index (Phi) is 9.71. The van der Waals surface area contributed by atoms with Crippen LogP contribution in [-0.4, -0.2) is 35.4 Å². The SMILES string of the molecule is Cc1ccccc1CN(C(=O)COc1cc(C)c(Br)c(C)c1)C(Cc1ccccc1)C(=O)NC(C)C. The van der Waals surface area contributed by atoms with Gasteiger partial charge in [-0.1, -0.05) is 70.5 Å². The summed E-state index contributed by atoms with van der Waals surface area (Å²) in [5.41, 5.74) is 5.12. The van der Waals surface area contributed by atoms with Crippen LogP contribution in [-0.2, 0) is 22.6 Å². The fraction of sp³-hybridized carbons (Fsp3) is 0.333. The highest BCUT2D eigenvalue weighted by Gasteiger charge is 2.31. The number of aryl methyl sites for hydroxylation is 3. The Morgan fingerprint density at radius 2 is 1.53 bits per heavy atom. The number of hydrogen-bond donors (Lipinski definition) is 1. The Balaban J connectivity index is 1.93. The van der Waals surface area contributed by atoms with Gasteiger partial charge in [0.25, 0.3) is 5.91 Å². The monoisotopic (exact) mass is 550 g/mol. The van der Waals surface area contributed by atoms with E-state index in [1.807, 2.05) is 101 Å². The molecular weight excluding hydrogens is 516 g/mol. The van der Waals surface area contributed by atoms with Gasteiger partial charge in [-0.05, 0) is 74.6 Å². The van der Waals surface area contributed by atoms with Gasteiger partial charge in [0.15, 0.2) is 6.61 Å². The van der Waals surface area contributed by atoms with Crippen molar-refractivity contribution in [3.05, 3.63) is 99.0 Å². The minimum Gasteiger partial charge on any atom is -0.484 e. The molecule has 36 heavy (non-hydrogen) atoms. The Hall–Kier alpha value is -3.12. The second kappa shape index (κ2) is 12.7. The number of hydrogen-bond acceptors (Lipinski definition) is 3. The van der Waals surface area contributed by atoms with Gasteiger partial charge in [0.1, 0.15) is 11.8 Å². The van der Waals surface area contributed by atoms with Crippen LogP contribution in [0, 0.1) is 20.8 Å². The van der Waals surface area contributed by atoms with E-state index >= 15 is 0 Å². The summed E-state index contributed by atoms with van der Waals surface area (Å²) >= 11 is 3.57. The maximum absolute atomic E-state index is 13.7. The lowest BCUT2D eigenvalue weighted by atomic mass is 10.0. The van der Waals surface area contributed by atoms with Crippen LogP contribution in [0.4, 0.5) is 0 Å². The topological polar surface area (TPSA) is 58.6 Å². The van der Waals surface area contributed by atoms with E-state index in [9.17, 15) is 9.59 Å². The molecule has 0 aliphatic rings. The number of nitrogens with one attached hydrogen (secondary N) is 1. The van der Waals surface area contributed by atoms with Crippen molar-refractivity contribution in [3.63, 3.8) is 0 Å². The van der Waals surface area contributed by atoms with Crippen molar-refractivity contribution >= 4 is 27.7 Å². The number of amides is 2. The molecule has 1 unspecified atom stereocenters. The second-order valence-electron chi connectivity index (χ2n) is 9.48. The van der Waals surface area contributed by atoms with Crippen LogP contribution in [0.2, 0.25) is 0 Å². The van der Waals surface area contributed by atoms with Gasteiger partial charge in [-0.25, -0.2) is 0 Å². The van der Waals surface area contributed by atoms with E-state index in [0.717, 1.165) is 32.3 Å². The summed E-state index contributed by atoms with van der Waals surface area (Å²) in [7, 11) is 0. The minimum absolute atomic E-state index is 0.0452. The molecule has 3 rings (SSSR count). The molecule has 0 spiro atoms. The van der Waals surface area contributed by atoms with Gasteiger partial charge in [0.05, 0.1) is 0 Å². The van der Waals surface area contributed by atoms with Gasteiger partial charge in [0.2, 0.25) is 5.91 Å². The first-order chi connectivity index (χ1) is 17.2. The zero-order valence-corrected chi connectivity index (χ0v) is 23.3. The van der Waals surface area contributed by atoms with Crippen molar-refractivity contribution in [1.82, 2.24) is 10.2 Å². The number of carbonyl (C=O) groups excluding carboxylic acids is 2. The van der Waals surface area contributed by atoms with E-state index in [1.165, 1.54) is 0 Å². The summed E-state index contributed by atoms with van der Waals surface area (Å²) in [5, 5.41) is 3.01. The molecular formula is C30H35BrN2O3. The van der Waals surface area contributed by atoms with E-state index < -0.39 is 6.04 Å². The Morgan fingerprint density at radius 1 is 0.917 bits per heavy atom. The van der Waals surface area contributed by atoms with Crippen molar-refractivity contribution in [2.75, 3.05) is 6.61 Å². The largest absolute Gasteiger partial charge is 0.484 e. The maximum atomic E-state index is 13.7. The maximum Gasteiger partial charge on any atom is 0.261 e. The van der Waals surface area contributed by atoms with Crippen molar-refractivity contribution < 1.29 is 14.3 Å². The fourth-order valence-electron chi connectivity index (χ4n) is 4.12. The quantitative estimate of drug-likeness (QED) is 0.341. The van der Waals surface area contributed by atoms with E-state index in [-0.39, 0.29) is 24.5 Å². The lowest BCUT2D eigenvalue weighted by molar-refractivity contribution is -0.143. The molecule has 0 heterocycles. The molecule has 5 nitrogen and oxygen atoms in total. The second-order valence-corrected chi connectivity index (χ2v) is 10.3. The van der Waals surface area contributed by atoms with E-state index in [2.05, 4.69) is 21.2 Å². The van der Waals surface area contributed by atoms with Crippen LogP contribution in [0.3, 0.4) is 0 Å². The summed E-state index contributed by atoms with van der Waals surface area (Å²) in [6.07, 6.45) is 0.410. The van der Waals surface area contributed by atoms with Gasteiger partial charge in [0, 0.05) is 23.5 Å². The molecule has 0 aromatic heterocycles. The molecule has 2 amide bonds. The van der Waals surface area contributed by atoms with Crippen LogP contribution in [0.25, 0.3) is 0 Å². The first-order valence-electron chi connectivity index (χ1n) is 12.2. The normalized spacial score (nSPS) is 11.8. The number of halogens is 1. The lowest BCUT2D eigenvalue weighted by Crippen LogP contribution is -2.52. The predicted molar refractivity (Wildman–Crippen MR) is 148 cm³/mol. The van der Waals surface area contributed by atoms with Gasteiger partial charge in [-0.3, -0.25) is 9.59 Å². The lowest BCUT2D eigenvalue weighted by Gasteiger charge is -2.32. The number of nitrogens with zero attached hydrogens (tertiary/aromatic N) is 1. The summed E-state index contributed by atoms with van der Waals surface area (Å²) < 4.78 is 6.97. The molecule has 0 aliphatic carbocycles. The van der Waals surface area contributed by atoms with Gasteiger partial charge >= 0.3 is 0 Å². The molecule has 190 valence electrons. The van der Waals surface area contributed by atoms with Gasteiger partial charge < -0.3 is 15.0 Å². The minimum atomic E-state index is -0.682. The average molecular weight is 552 g/mol. The molecule has 0 bridgehead atoms. The molecule has 3 aromatic rings. The van der Waals surface area contributed by atoms with Crippen molar-refractivity contribution in [2.24, 2.45) is 0 Å². The summed E-state index contributed by atoms with van der Waals surface area (Å²) in [4.78, 5) is 28.8. The third kappa shape index (κ3) is 7.44. The van der Waals surface area contributed by atoms with Crippen LogP contribution in [0.5, 0.6) is 5.75 Å². The molecule has 0 radical (unpaired) electrons. The smallest absolute Gasteiger partial charge is 0.261 e. The summed E-state index contributed by atoms with van der Waals surface area (Å²) in [6.45, 7) is 9.99. The third-order valence-electron chi connectivity index (χ3n) is 6.08. The van der Waals surface area contributed by atoms with E-state index in [4.69, 9.17) is 4.74 Å². The Morgan fingerprint density at radius 3 is 2.14 bits per heavy atom. The predicted octanol–water partition coefficient (Wildman–Crippen LogP) is 5.92. The van der Waals surface area contributed by atoms with Crippen LogP contribution >= 0.6 is 15.9 Å². The highest BCUT2D eigenvalue weighted by molar-refractivity contribution is 9.10. The number of ether oxygens (including phenoxy) is 1. The van der Waals surface area contributed by atoms with E-state index in [1.54, 1.807) is 4.90 Å². The Labute approximate surface area is 223 Å². The standard InChI is InChI=1S/C30H35BrN2O3/c1-20(2)32-30(35)27(17-24-12-7-6-8-13-24)33(18-25-14-10-9-11-21(25)3)28(34)19-36-26-15-22(4)29(31)23(5)16-26/h6-16,20,27H,17-19H2,1-5H3,(H,32,35). The number of carbonyl (C=O) groups is 2. The molecule has 0 saturated carbocycles. The van der Waals surface area contributed by atoms with Gasteiger partial charge in [-0.15, -0.1) is 0 Å². The van der Waals surface area contributed by atoms with Crippen LogP contribution in [0.1, 0.15) is 41.7 Å². The molecule has 0 aliphatic heterocycles. The molecule has 0 saturated heterocycles. The fourth-order valence-corrected chi connectivity index (χ4v) is 4.35. The zero-order valence-electron chi connectivity index (χ0n) is 21.7. The first-order valence-corrected chi connectivity index (χ1v) is 13.0. The van der Waals surface area contributed by atoms with Crippen molar-refractivity contribution in [3.8, 4) is 5.75 Å². The van der Waals surface area contributed by atoms with Crippen LogP contribution in [0.15, 0.2) is 71.2 Å². The molecule has 1 atom stereocenters. The average Bonchev–Trinajstić information content (AvgIpc) is 2.84. The van der Waals surface area contributed by atoms with Crippen molar-refractivity contribution in [2.45, 2.75) is 59.7 Å². The van der Waals surface area contributed by atoms with E-state index in [0.29, 0.717) is 18.7 Å². The highest BCUT2D eigenvalue weighted by Crippen LogP contribution is 2.26. The summed E-state index contributed by atoms with van der Waals surface area (Å²) in [5.74, 6) is 0.214. The van der Waals surface area contributed by atoms with Crippen molar-refractivity contribution in [1.29, 1.82) is 0 Å². The van der Waals surface area contributed by atoms with Gasteiger partial charge in [-0.2, -0.15) is 0 Å². The summed E-state index contributed by atoms with van der Waals surface area (Å²) in [6, 6.07) is 20.8.